The number of hydrogen-bond acceptors (Lipinski definition) is 7. The van der Waals surface area contributed by atoms with E-state index in [2.05, 4.69) is 9.62 Å². The fourth-order valence-corrected chi connectivity index (χ4v) is 5.92. The highest BCUT2D eigenvalue weighted by Gasteiger charge is 2.33. The Morgan fingerprint density at radius 3 is 2.46 bits per heavy atom. The molecule has 3 atom stereocenters. The molecule has 1 aliphatic rings. The molecule has 0 unspecified atom stereocenters. The normalized spacial score (nSPS) is 18.2. The third-order valence-electron chi connectivity index (χ3n) is 7.14. The van der Waals surface area contributed by atoms with Crippen LogP contribution in [0.2, 0.25) is 5.02 Å². The molecule has 0 aromatic heterocycles. The molecule has 0 bridgehead atoms. The van der Waals surface area contributed by atoms with Gasteiger partial charge in [0, 0.05) is 36.3 Å². The first-order valence-electron chi connectivity index (χ1n) is 13.3. The topological polar surface area (TPSA) is 108 Å². The van der Waals surface area contributed by atoms with Crippen LogP contribution in [0.4, 0.5) is 5.69 Å². The van der Waals surface area contributed by atoms with Gasteiger partial charge in [0.2, 0.25) is 0 Å². The van der Waals surface area contributed by atoms with E-state index in [9.17, 15) is 18.3 Å². The Hall–Kier alpha value is -3.31. The van der Waals surface area contributed by atoms with Gasteiger partial charge in [-0.15, -0.1) is 0 Å². The first-order chi connectivity index (χ1) is 19.5. The number of methoxy groups -OCH3 is 1. The Labute approximate surface area is 246 Å². The predicted octanol–water partition coefficient (Wildman–Crippen LogP) is 4.50. The highest BCUT2D eigenvalue weighted by Crippen LogP contribution is 2.31. The largest absolute Gasteiger partial charge is 0.497 e. The van der Waals surface area contributed by atoms with Gasteiger partial charge in [0.25, 0.3) is 15.9 Å². The van der Waals surface area contributed by atoms with Crippen LogP contribution in [-0.4, -0.2) is 75.2 Å². The van der Waals surface area contributed by atoms with E-state index < -0.39 is 16.1 Å². The number of rotatable bonds is 10. The molecule has 0 fully saturated rings. The van der Waals surface area contributed by atoms with Crippen molar-refractivity contribution in [2.45, 2.75) is 37.4 Å². The summed E-state index contributed by atoms with van der Waals surface area (Å²) in [6, 6.07) is 17.9. The maximum absolute atomic E-state index is 13.7. The van der Waals surface area contributed by atoms with E-state index in [0.717, 1.165) is 11.3 Å². The Balaban J connectivity index is 1.61. The van der Waals surface area contributed by atoms with Crippen LogP contribution in [-0.2, 0) is 16.6 Å². The van der Waals surface area contributed by atoms with E-state index in [1.807, 2.05) is 38.2 Å². The highest BCUT2D eigenvalue weighted by molar-refractivity contribution is 7.92. The monoisotopic (exact) mass is 601 g/mol. The second-order valence-electron chi connectivity index (χ2n) is 10.4. The average molecular weight is 602 g/mol. The zero-order chi connectivity index (χ0) is 29.7. The molecule has 220 valence electrons. The number of hydrogen-bond donors (Lipinski definition) is 2. The van der Waals surface area contributed by atoms with Gasteiger partial charge in [-0.05, 0) is 74.1 Å². The van der Waals surface area contributed by atoms with Gasteiger partial charge >= 0.3 is 0 Å². The number of nitrogens with zero attached hydrogens (tertiary/aromatic N) is 2. The first-order valence-corrected chi connectivity index (χ1v) is 15.2. The summed E-state index contributed by atoms with van der Waals surface area (Å²) in [7, 11) is -0.281. The van der Waals surface area contributed by atoms with Gasteiger partial charge in [-0.2, -0.15) is 0 Å². The molecule has 0 aliphatic carbocycles. The van der Waals surface area contributed by atoms with Gasteiger partial charge in [0.15, 0.2) is 0 Å². The minimum atomic E-state index is -3.92. The van der Waals surface area contributed by atoms with Crippen molar-refractivity contribution in [3.05, 3.63) is 82.9 Å². The molecule has 2 N–H and O–H groups in total. The fraction of sp³-hybridized carbons (Fsp3) is 0.367. The molecule has 0 saturated carbocycles. The van der Waals surface area contributed by atoms with Gasteiger partial charge < -0.3 is 19.5 Å². The summed E-state index contributed by atoms with van der Waals surface area (Å²) >= 11 is 5.91. The van der Waals surface area contributed by atoms with Gasteiger partial charge in [-0.3, -0.25) is 14.4 Å². The Morgan fingerprint density at radius 2 is 1.83 bits per heavy atom. The van der Waals surface area contributed by atoms with Crippen LogP contribution in [0.3, 0.4) is 0 Å². The lowest BCUT2D eigenvalue weighted by Crippen LogP contribution is -2.49. The number of aliphatic hydroxyl groups is 1. The number of sulfonamides is 1. The summed E-state index contributed by atoms with van der Waals surface area (Å²) < 4.78 is 40.2. The van der Waals surface area contributed by atoms with Gasteiger partial charge in [-0.25, -0.2) is 8.42 Å². The quantitative estimate of drug-likeness (QED) is 0.352. The van der Waals surface area contributed by atoms with Crippen LogP contribution < -0.4 is 14.2 Å². The van der Waals surface area contributed by atoms with Crippen molar-refractivity contribution in [2.24, 2.45) is 5.92 Å². The third kappa shape index (κ3) is 7.51. The number of anilines is 1. The van der Waals surface area contributed by atoms with Crippen LogP contribution in [0.25, 0.3) is 0 Å². The summed E-state index contributed by atoms with van der Waals surface area (Å²) in [4.78, 5) is 17.5. The SMILES string of the molecule is COc1ccc(CN(C)C[C@@H]2Oc3ccc(NS(=O)(=O)c4ccc(Cl)cc4)cc3C(=O)N([C@@H](C)CO)C[C@H]2C)cc1. The lowest BCUT2D eigenvalue weighted by molar-refractivity contribution is 0.0341. The smallest absolute Gasteiger partial charge is 0.261 e. The molecule has 11 heteroatoms. The standard InChI is InChI=1S/C30H36ClN3O6S/c1-20-16-34(21(2)19-35)30(36)27-15-24(32-41(37,38)26-12-7-23(31)8-13-26)9-14-28(27)40-29(20)18-33(3)17-22-5-10-25(39-4)11-6-22/h5-15,20-21,29,32,35H,16-19H2,1-4H3/t20-,21+,29+/m1/s1. The molecule has 0 saturated heterocycles. The number of amides is 1. The van der Waals surface area contributed by atoms with Crippen molar-refractivity contribution >= 4 is 33.2 Å². The third-order valence-corrected chi connectivity index (χ3v) is 8.79. The van der Waals surface area contributed by atoms with Crippen LogP contribution in [0, 0.1) is 5.92 Å². The zero-order valence-corrected chi connectivity index (χ0v) is 25.2. The molecule has 1 aliphatic heterocycles. The molecule has 3 aromatic rings. The Morgan fingerprint density at radius 1 is 1.15 bits per heavy atom. The summed E-state index contributed by atoms with van der Waals surface area (Å²) in [6.45, 7) is 5.22. The Kier molecular flexibility index (Phi) is 9.80. The molecule has 9 nitrogen and oxygen atoms in total. The lowest BCUT2D eigenvalue weighted by Gasteiger charge is -2.38. The lowest BCUT2D eigenvalue weighted by atomic mass is 9.99. The number of likely N-dealkylation sites (N-methyl/N-ethyl adjacent to an activating group) is 1. The van der Waals surface area contributed by atoms with E-state index in [0.29, 0.717) is 30.4 Å². The number of fused-ring (bicyclic) bond motifs is 1. The van der Waals surface area contributed by atoms with Crippen molar-refractivity contribution in [1.82, 2.24) is 9.80 Å². The molecule has 1 heterocycles. The maximum Gasteiger partial charge on any atom is 0.261 e. The number of carbonyl (C=O) groups excluding carboxylic acids is 1. The van der Waals surface area contributed by atoms with E-state index in [-0.39, 0.29) is 40.7 Å². The first kappa shape index (κ1) is 30.6. The van der Waals surface area contributed by atoms with Crippen molar-refractivity contribution < 1.29 is 27.8 Å². The Bertz CT molecular complexity index is 1450. The van der Waals surface area contributed by atoms with Crippen molar-refractivity contribution in [2.75, 3.05) is 38.6 Å². The van der Waals surface area contributed by atoms with Crippen LogP contribution in [0.15, 0.2) is 71.6 Å². The molecule has 4 rings (SSSR count). The molecular weight excluding hydrogens is 566 g/mol. The molecule has 1 amide bonds. The van der Waals surface area contributed by atoms with Gasteiger partial charge in [0.1, 0.15) is 17.6 Å². The maximum atomic E-state index is 13.7. The van der Waals surface area contributed by atoms with Crippen molar-refractivity contribution in [3.63, 3.8) is 0 Å². The fourth-order valence-electron chi connectivity index (χ4n) is 4.75. The number of ether oxygens (including phenoxy) is 2. The van der Waals surface area contributed by atoms with Crippen molar-refractivity contribution in [3.8, 4) is 11.5 Å². The summed E-state index contributed by atoms with van der Waals surface area (Å²) in [6.07, 6.45) is -0.282. The second kappa shape index (κ2) is 13.1. The van der Waals surface area contributed by atoms with Crippen LogP contribution >= 0.6 is 11.6 Å². The summed E-state index contributed by atoms with van der Waals surface area (Å²) in [5.74, 6) is 0.755. The summed E-state index contributed by atoms with van der Waals surface area (Å²) in [5.41, 5.74) is 1.56. The number of aliphatic hydroxyl groups excluding tert-OH is 1. The van der Waals surface area contributed by atoms with Crippen molar-refractivity contribution in [1.29, 1.82) is 0 Å². The van der Waals surface area contributed by atoms with E-state index in [4.69, 9.17) is 21.1 Å². The second-order valence-corrected chi connectivity index (χ2v) is 12.6. The number of carbonyl (C=O) groups is 1. The van der Waals surface area contributed by atoms with Crippen LogP contribution in [0.5, 0.6) is 11.5 Å². The molecule has 0 radical (unpaired) electrons. The van der Waals surface area contributed by atoms with Gasteiger partial charge in [0.05, 0.1) is 30.2 Å². The number of benzene rings is 3. The highest BCUT2D eigenvalue weighted by atomic mass is 35.5. The minimum absolute atomic E-state index is 0.0422. The average Bonchev–Trinajstić information content (AvgIpc) is 2.95. The predicted molar refractivity (Wildman–Crippen MR) is 159 cm³/mol. The van der Waals surface area contributed by atoms with E-state index >= 15 is 0 Å². The summed E-state index contributed by atoms with van der Waals surface area (Å²) in [5, 5.41) is 10.3. The number of nitrogens with one attached hydrogen (secondary N) is 1. The van der Waals surface area contributed by atoms with Gasteiger partial charge in [-0.1, -0.05) is 30.7 Å². The molecule has 3 aromatic carbocycles. The van der Waals surface area contributed by atoms with E-state index in [1.165, 1.54) is 30.3 Å². The van der Waals surface area contributed by atoms with E-state index in [1.54, 1.807) is 31.1 Å². The minimum Gasteiger partial charge on any atom is -0.497 e. The molecule has 0 spiro atoms. The zero-order valence-electron chi connectivity index (χ0n) is 23.6. The number of halogens is 1. The molecular formula is C30H36ClN3O6S. The van der Waals surface area contributed by atoms with Crippen LogP contribution in [0.1, 0.15) is 29.8 Å². The molecule has 41 heavy (non-hydrogen) atoms.